The number of phenolic OH excluding ortho intramolecular Hbond substituents is 2. The third-order valence-corrected chi connectivity index (χ3v) is 0.850. The van der Waals surface area contributed by atoms with E-state index in [9.17, 15) is 0 Å². The maximum Gasteiger partial charge on any atom is 0.115 e. The van der Waals surface area contributed by atoms with Crippen LogP contribution in [0.4, 0.5) is 0 Å². The fourth-order valence-electron chi connectivity index (χ4n) is 0.453. The van der Waals surface area contributed by atoms with Gasteiger partial charge in [0.15, 0.2) is 0 Å². The van der Waals surface area contributed by atoms with E-state index in [0.717, 1.165) is 0 Å². The van der Waals surface area contributed by atoms with Crippen LogP contribution in [0.25, 0.3) is 0 Å². The Kier molecular flexibility index (Phi) is 6.31. The summed E-state index contributed by atoms with van der Waals surface area (Å²) in [6, 6.07) is 5.70. The highest BCUT2D eigenvalue weighted by atomic mass is 35.5. The molecule has 0 saturated heterocycles. The van der Waals surface area contributed by atoms with Crippen LogP contribution in [0.2, 0.25) is 0 Å². The summed E-state index contributed by atoms with van der Waals surface area (Å²) in [7, 11) is 0. The van der Waals surface area contributed by atoms with Crippen molar-refractivity contribution < 1.29 is 10.2 Å². The van der Waals surface area contributed by atoms with Crippen molar-refractivity contribution in [1.29, 1.82) is 0 Å². The number of hydrogen-bond donors (Lipinski definition) is 2. The smallest absolute Gasteiger partial charge is 0.115 e. The molecular weight excluding hydrogens is 175 g/mol. The summed E-state index contributed by atoms with van der Waals surface area (Å²) < 4.78 is 0. The summed E-state index contributed by atoms with van der Waals surface area (Å²) in [4.78, 5) is 0. The summed E-state index contributed by atoms with van der Waals surface area (Å²) in [6.07, 6.45) is 0. The molecule has 0 unspecified atom stereocenters. The molecule has 1 aromatic carbocycles. The predicted octanol–water partition coefficient (Wildman–Crippen LogP) is 1.94. The molecule has 4 heteroatoms. The summed E-state index contributed by atoms with van der Waals surface area (Å²) >= 11 is 0. The van der Waals surface area contributed by atoms with Gasteiger partial charge in [-0.1, -0.05) is 0 Å². The second-order valence-corrected chi connectivity index (χ2v) is 1.52. The molecule has 0 aromatic heterocycles. The van der Waals surface area contributed by atoms with Crippen LogP contribution in [-0.2, 0) is 0 Å². The van der Waals surface area contributed by atoms with E-state index in [1.807, 2.05) is 0 Å². The molecule has 0 fully saturated rings. The van der Waals surface area contributed by atoms with E-state index in [1.54, 1.807) is 0 Å². The van der Waals surface area contributed by atoms with Gasteiger partial charge in [0.2, 0.25) is 0 Å². The molecule has 0 radical (unpaired) electrons. The number of hydrogen-bond acceptors (Lipinski definition) is 2. The van der Waals surface area contributed by atoms with Crippen LogP contribution in [0.15, 0.2) is 24.3 Å². The molecule has 0 heterocycles. The number of phenols is 2. The Morgan fingerprint density at radius 3 is 1.10 bits per heavy atom. The van der Waals surface area contributed by atoms with Crippen molar-refractivity contribution in [2.24, 2.45) is 0 Å². The first-order valence-electron chi connectivity index (χ1n) is 2.27. The molecule has 1 aromatic rings. The maximum atomic E-state index is 8.65. The third-order valence-electron chi connectivity index (χ3n) is 0.850. The number of halogens is 2. The quantitative estimate of drug-likeness (QED) is 0.603. The first-order chi connectivity index (χ1) is 3.79. The summed E-state index contributed by atoms with van der Waals surface area (Å²) in [6.45, 7) is 0. The van der Waals surface area contributed by atoms with E-state index in [0.29, 0.717) is 0 Å². The Hall–Kier alpha value is -0.600. The highest BCUT2D eigenvalue weighted by molar-refractivity contribution is 5.85. The molecule has 0 bridgehead atoms. The zero-order valence-electron chi connectivity index (χ0n) is 5.02. The van der Waals surface area contributed by atoms with Gasteiger partial charge in [0.1, 0.15) is 11.5 Å². The molecule has 0 aliphatic rings. The lowest BCUT2D eigenvalue weighted by Crippen LogP contribution is -1.61. The van der Waals surface area contributed by atoms with Gasteiger partial charge in [0.05, 0.1) is 0 Å². The van der Waals surface area contributed by atoms with Crippen LogP contribution in [0.5, 0.6) is 11.5 Å². The zero-order chi connectivity index (χ0) is 5.98. The normalized spacial score (nSPS) is 7.20. The average Bonchev–Trinajstić information content (AvgIpc) is 1.77. The van der Waals surface area contributed by atoms with E-state index in [-0.39, 0.29) is 36.3 Å². The number of rotatable bonds is 0. The van der Waals surface area contributed by atoms with Crippen LogP contribution in [0, 0.1) is 0 Å². The second kappa shape index (κ2) is 5.21. The highest BCUT2D eigenvalue weighted by Gasteiger charge is 1.84. The largest absolute Gasteiger partial charge is 0.508 e. The van der Waals surface area contributed by atoms with Crippen molar-refractivity contribution in [3.8, 4) is 11.5 Å². The number of benzene rings is 1. The fourth-order valence-corrected chi connectivity index (χ4v) is 0.453. The summed E-state index contributed by atoms with van der Waals surface area (Å²) in [5.74, 6) is 0.339. The van der Waals surface area contributed by atoms with Crippen molar-refractivity contribution in [1.82, 2.24) is 0 Å². The summed E-state index contributed by atoms with van der Waals surface area (Å²) in [5.41, 5.74) is 0. The predicted molar refractivity (Wildman–Crippen MR) is 44.3 cm³/mol. The van der Waals surface area contributed by atoms with Crippen LogP contribution in [0.3, 0.4) is 0 Å². The van der Waals surface area contributed by atoms with Gasteiger partial charge in [-0.3, -0.25) is 0 Å². The molecule has 0 spiro atoms. The van der Waals surface area contributed by atoms with E-state index < -0.39 is 0 Å². The van der Waals surface area contributed by atoms with Crippen molar-refractivity contribution >= 4 is 24.8 Å². The van der Waals surface area contributed by atoms with Crippen LogP contribution in [-0.4, -0.2) is 10.2 Å². The van der Waals surface area contributed by atoms with Crippen LogP contribution < -0.4 is 0 Å². The first-order valence-corrected chi connectivity index (χ1v) is 2.27. The first kappa shape index (κ1) is 12.1. The van der Waals surface area contributed by atoms with Gasteiger partial charge in [-0.15, -0.1) is 24.8 Å². The molecule has 58 valence electrons. The van der Waals surface area contributed by atoms with Crippen molar-refractivity contribution in [2.45, 2.75) is 0 Å². The van der Waals surface area contributed by atoms with E-state index >= 15 is 0 Å². The molecule has 2 nitrogen and oxygen atoms in total. The molecular formula is C6H8Cl2O2. The Bertz CT molecular complexity index is 153. The lowest BCUT2D eigenvalue weighted by atomic mass is 10.3. The lowest BCUT2D eigenvalue weighted by Gasteiger charge is -1.88. The standard InChI is InChI=1S/C6H6O2.2ClH/c7-5-1-2-6(8)4-3-5;;/h1-4,7-8H;2*1H. The number of aromatic hydroxyl groups is 2. The van der Waals surface area contributed by atoms with Gasteiger partial charge in [-0.05, 0) is 24.3 Å². The fraction of sp³-hybridized carbons (Fsp3) is 0. The van der Waals surface area contributed by atoms with E-state index in [4.69, 9.17) is 10.2 Å². The van der Waals surface area contributed by atoms with Crippen LogP contribution in [0.1, 0.15) is 0 Å². The molecule has 2 N–H and O–H groups in total. The molecule has 0 amide bonds. The molecule has 0 aliphatic heterocycles. The van der Waals surface area contributed by atoms with E-state index in [1.165, 1.54) is 24.3 Å². The van der Waals surface area contributed by atoms with Gasteiger partial charge in [0, 0.05) is 0 Å². The van der Waals surface area contributed by atoms with Gasteiger partial charge < -0.3 is 10.2 Å². The minimum Gasteiger partial charge on any atom is -0.508 e. The minimum atomic E-state index is 0. The molecule has 0 saturated carbocycles. The Morgan fingerprint density at radius 1 is 0.700 bits per heavy atom. The molecule has 1 rings (SSSR count). The average molecular weight is 183 g/mol. The molecule has 10 heavy (non-hydrogen) atoms. The Morgan fingerprint density at radius 2 is 0.900 bits per heavy atom. The van der Waals surface area contributed by atoms with Crippen molar-refractivity contribution in [3.63, 3.8) is 0 Å². The van der Waals surface area contributed by atoms with Gasteiger partial charge in [0.25, 0.3) is 0 Å². The lowest BCUT2D eigenvalue weighted by molar-refractivity contribution is 0.460. The van der Waals surface area contributed by atoms with Crippen molar-refractivity contribution in [3.05, 3.63) is 24.3 Å². The van der Waals surface area contributed by atoms with Gasteiger partial charge in [-0.25, -0.2) is 0 Å². The van der Waals surface area contributed by atoms with Crippen LogP contribution >= 0.6 is 24.8 Å². The Balaban J connectivity index is 0. The SMILES string of the molecule is Cl.Cl.Oc1ccc(O)cc1. The van der Waals surface area contributed by atoms with Gasteiger partial charge >= 0.3 is 0 Å². The summed E-state index contributed by atoms with van der Waals surface area (Å²) in [5, 5.41) is 17.3. The van der Waals surface area contributed by atoms with Crippen molar-refractivity contribution in [2.75, 3.05) is 0 Å². The monoisotopic (exact) mass is 182 g/mol. The molecule has 0 aliphatic carbocycles. The second-order valence-electron chi connectivity index (χ2n) is 1.52. The Labute approximate surface area is 71.3 Å². The topological polar surface area (TPSA) is 40.5 Å². The third kappa shape index (κ3) is 3.43. The maximum absolute atomic E-state index is 8.65. The molecule has 0 atom stereocenters. The highest BCUT2D eigenvalue weighted by Crippen LogP contribution is 2.13. The van der Waals surface area contributed by atoms with Gasteiger partial charge in [-0.2, -0.15) is 0 Å². The minimum absolute atomic E-state index is 0. The zero-order valence-corrected chi connectivity index (χ0v) is 6.65. The van der Waals surface area contributed by atoms with E-state index in [2.05, 4.69) is 0 Å².